The van der Waals surface area contributed by atoms with E-state index in [2.05, 4.69) is 42.5 Å². The summed E-state index contributed by atoms with van der Waals surface area (Å²) in [6, 6.07) is 2.40. The number of hydrogen-bond acceptors (Lipinski definition) is 5. The van der Waals surface area contributed by atoms with Gasteiger partial charge in [-0.1, -0.05) is 0 Å². The van der Waals surface area contributed by atoms with E-state index >= 15 is 0 Å². The third kappa shape index (κ3) is 2.27. The first-order chi connectivity index (χ1) is 11.3. The summed E-state index contributed by atoms with van der Waals surface area (Å²) in [4.78, 5) is 15.9. The van der Waals surface area contributed by atoms with E-state index in [0.717, 1.165) is 36.5 Å². The van der Waals surface area contributed by atoms with Gasteiger partial charge in [-0.15, -0.1) is 0 Å². The van der Waals surface area contributed by atoms with E-state index in [9.17, 15) is 0 Å². The SMILES string of the molecule is CCn1cnc2c(N3CCCC[C@H]3c3ccnn3C)ncnc21. The molecule has 0 saturated carbocycles. The average molecular weight is 311 g/mol. The summed E-state index contributed by atoms with van der Waals surface area (Å²) in [6.45, 7) is 3.95. The van der Waals surface area contributed by atoms with E-state index in [0.29, 0.717) is 6.04 Å². The normalized spacial score (nSPS) is 18.7. The first-order valence-electron chi connectivity index (χ1n) is 8.20. The Bertz CT molecular complexity index is 819. The Balaban J connectivity index is 1.81. The summed E-state index contributed by atoms with van der Waals surface area (Å²) >= 11 is 0. The van der Waals surface area contributed by atoms with Gasteiger partial charge in [0.15, 0.2) is 17.0 Å². The first kappa shape index (κ1) is 14.2. The van der Waals surface area contributed by atoms with E-state index in [-0.39, 0.29) is 0 Å². The Morgan fingerprint density at radius 1 is 1.22 bits per heavy atom. The van der Waals surface area contributed by atoms with Gasteiger partial charge in [0.1, 0.15) is 6.33 Å². The fourth-order valence-electron chi connectivity index (χ4n) is 3.51. The number of nitrogens with zero attached hydrogens (tertiary/aromatic N) is 7. The van der Waals surface area contributed by atoms with Crippen LogP contribution in [0.25, 0.3) is 11.2 Å². The predicted octanol–water partition coefficient (Wildman–Crippen LogP) is 2.31. The third-order valence-corrected chi connectivity index (χ3v) is 4.70. The number of anilines is 1. The molecule has 3 aromatic heterocycles. The smallest absolute Gasteiger partial charge is 0.165 e. The fourth-order valence-corrected chi connectivity index (χ4v) is 3.51. The number of hydrogen-bond donors (Lipinski definition) is 0. The summed E-state index contributed by atoms with van der Waals surface area (Å²) in [5.74, 6) is 0.938. The van der Waals surface area contributed by atoms with E-state index in [1.54, 1.807) is 6.33 Å². The van der Waals surface area contributed by atoms with Crippen molar-refractivity contribution in [3.8, 4) is 0 Å². The van der Waals surface area contributed by atoms with Gasteiger partial charge in [0.2, 0.25) is 0 Å². The van der Waals surface area contributed by atoms with Crippen molar-refractivity contribution in [3.63, 3.8) is 0 Å². The Morgan fingerprint density at radius 3 is 2.91 bits per heavy atom. The second-order valence-electron chi connectivity index (χ2n) is 5.98. The Kier molecular flexibility index (Phi) is 3.48. The van der Waals surface area contributed by atoms with E-state index < -0.39 is 0 Å². The van der Waals surface area contributed by atoms with Crippen LogP contribution in [0.4, 0.5) is 5.82 Å². The molecule has 1 saturated heterocycles. The van der Waals surface area contributed by atoms with Gasteiger partial charge in [0.05, 0.1) is 18.1 Å². The number of aromatic nitrogens is 6. The molecule has 3 aromatic rings. The molecule has 1 atom stereocenters. The van der Waals surface area contributed by atoms with E-state index in [1.807, 2.05) is 24.3 Å². The lowest BCUT2D eigenvalue weighted by molar-refractivity contribution is 0.448. The summed E-state index contributed by atoms with van der Waals surface area (Å²) in [5, 5.41) is 4.34. The van der Waals surface area contributed by atoms with Crippen molar-refractivity contribution in [3.05, 3.63) is 30.6 Å². The van der Waals surface area contributed by atoms with Crippen molar-refractivity contribution in [1.82, 2.24) is 29.3 Å². The maximum absolute atomic E-state index is 4.58. The molecule has 1 fully saturated rings. The van der Waals surface area contributed by atoms with Crippen LogP contribution in [0.3, 0.4) is 0 Å². The summed E-state index contributed by atoms with van der Waals surface area (Å²) in [6.07, 6.45) is 8.88. The zero-order chi connectivity index (χ0) is 15.8. The van der Waals surface area contributed by atoms with Crippen LogP contribution in [0.15, 0.2) is 24.9 Å². The van der Waals surface area contributed by atoms with Crippen molar-refractivity contribution in [2.75, 3.05) is 11.4 Å². The topological polar surface area (TPSA) is 64.7 Å². The summed E-state index contributed by atoms with van der Waals surface area (Å²) < 4.78 is 4.02. The molecule has 0 aliphatic carbocycles. The maximum atomic E-state index is 4.58. The monoisotopic (exact) mass is 311 g/mol. The Hall–Kier alpha value is -2.44. The quantitative estimate of drug-likeness (QED) is 0.742. The van der Waals surface area contributed by atoms with Crippen LogP contribution in [0.2, 0.25) is 0 Å². The Labute approximate surface area is 135 Å². The van der Waals surface area contributed by atoms with Crippen molar-refractivity contribution in [2.45, 2.75) is 38.8 Å². The largest absolute Gasteiger partial charge is 0.346 e. The molecule has 0 spiro atoms. The molecule has 120 valence electrons. The zero-order valence-corrected chi connectivity index (χ0v) is 13.6. The van der Waals surface area contributed by atoms with Crippen molar-refractivity contribution in [2.24, 2.45) is 7.05 Å². The lowest BCUT2D eigenvalue weighted by atomic mass is 9.99. The van der Waals surface area contributed by atoms with Gasteiger partial charge in [-0.05, 0) is 32.3 Å². The number of piperidine rings is 1. The lowest BCUT2D eigenvalue weighted by Gasteiger charge is -2.36. The molecule has 1 aliphatic heterocycles. The predicted molar refractivity (Wildman–Crippen MR) is 88.1 cm³/mol. The minimum atomic E-state index is 0.293. The van der Waals surface area contributed by atoms with Crippen LogP contribution in [0.5, 0.6) is 0 Å². The average Bonchev–Trinajstić information content (AvgIpc) is 3.20. The minimum Gasteiger partial charge on any atom is -0.346 e. The van der Waals surface area contributed by atoms with Crippen LogP contribution < -0.4 is 4.90 Å². The molecule has 0 N–H and O–H groups in total. The van der Waals surface area contributed by atoms with Crippen LogP contribution in [-0.2, 0) is 13.6 Å². The number of rotatable bonds is 3. The molecule has 23 heavy (non-hydrogen) atoms. The van der Waals surface area contributed by atoms with Crippen molar-refractivity contribution >= 4 is 17.0 Å². The second kappa shape index (κ2) is 5.64. The second-order valence-corrected chi connectivity index (χ2v) is 5.98. The molecular formula is C16H21N7. The standard InChI is InChI=1S/C16H21N7/c1-3-22-11-19-14-15(22)17-10-18-16(14)23-9-5-4-6-13(23)12-7-8-20-21(12)2/h7-8,10-11,13H,3-6,9H2,1-2H3/t13-/m0/s1. The molecule has 4 heterocycles. The number of imidazole rings is 1. The van der Waals surface area contributed by atoms with Gasteiger partial charge in [-0.2, -0.15) is 5.10 Å². The highest BCUT2D eigenvalue weighted by Gasteiger charge is 2.29. The third-order valence-electron chi connectivity index (χ3n) is 4.70. The van der Waals surface area contributed by atoms with Crippen LogP contribution >= 0.6 is 0 Å². The maximum Gasteiger partial charge on any atom is 0.165 e. The number of fused-ring (bicyclic) bond motifs is 1. The highest BCUT2D eigenvalue weighted by Crippen LogP contribution is 2.35. The highest BCUT2D eigenvalue weighted by atomic mass is 15.3. The molecule has 7 heteroatoms. The van der Waals surface area contributed by atoms with Gasteiger partial charge in [-0.3, -0.25) is 4.68 Å². The highest BCUT2D eigenvalue weighted by molar-refractivity contribution is 5.83. The molecule has 4 rings (SSSR count). The minimum absolute atomic E-state index is 0.293. The zero-order valence-electron chi connectivity index (χ0n) is 13.6. The molecule has 0 unspecified atom stereocenters. The fraction of sp³-hybridized carbons (Fsp3) is 0.500. The van der Waals surface area contributed by atoms with Gasteiger partial charge < -0.3 is 9.47 Å². The molecule has 0 amide bonds. The molecular weight excluding hydrogens is 290 g/mol. The van der Waals surface area contributed by atoms with Gasteiger partial charge >= 0.3 is 0 Å². The Morgan fingerprint density at radius 2 is 2.13 bits per heavy atom. The van der Waals surface area contributed by atoms with E-state index in [4.69, 9.17) is 0 Å². The lowest BCUT2D eigenvalue weighted by Crippen LogP contribution is -2.35. The van der Waals surface area contributed by atoms with Crippen molar-refractivity contribution < 1.29 is 0 Å². The number of aryl methyl sites for hydroxylation is 2. The molecule has 1 aliphatic rings. The molecule has 7 nitrogen and oxygen atoms in total. The van der Waals surface area contributed by atoms with Crippen molar-refractivity contribution in [1.29, 1.82) is 0 Å². The van der Waals surface area contributed by atoms with Gasteiger partial charge in [-0.25, -0.2) is 15.0 Å². The first-order valence-corrected chi connectivity index (χ1v) is 8.20. The van der Waals surface area contributed by atoms with Crippen LogP contribution in [0.1, 0.15) is 37.9 Å². The molecule has 0 aromatic carbocycles. The van der Waals surface area contributed by atoms with E-state index in [1.165, 1.54) is 18.5 Å². The molecule has 0 radical (unpaired) electrons. The molecule has 0 bridgehead atoms. The summed E-state index contributed by atoms with van der Waals surface area (Å²) in [5.41, 5.74) is 3.03. The van der Waals surface area contributed by atoms with Crippen LogP contribution in [0, 0.1) is 0 Å². The van der Waals surface area contributed by atoms with Gasteiger partial charge in [0.25, 0.3) is 0 Å². The van der Waals surface area contributed by atoms with Crippen LogP contribution in [-0.4, -0.2) is 35.8 Å². The summed E-state index contributed by atoms with van der Waals surface area (Å²) in [7, 11) is 2.00. The van der Waals surface area contributed by atoms with Gasteiger partial charge in [0, 0.05) is 26.3 Å².